The minimum Gasteiger partial charge on any atom is -0.496 e. The fraction of sp³-hybridized carbons (Fsp3) is 0.200. The lowest BCUT2D eigenvalue weighted by atomic mass is 10.2. The summed E-state index contributed by atoms with van der Waals surface area (Å²) in [4.78, 5) is 0. The molecule has 1 heterocycles. The SMILES string of the molecule is COc1ccc2c(CBr)csc2c1Br. The predicted molar refractivity (Wildman–Crippen MR) is 68.7 cm³/mol. The first-order valence-corrected chi connectivity index (χ1v) is 6.86. The maximum Gasteiger partial charge on any atom is 0.134 e. The van der Waals surface area contributed by atoms with E-state index in [2.05, 4.69) is 43.3 Å². The van der Waals surface area contributed by atoms with Crippen LogP contribution in [0.5, 0.6) is 5.75 Å². The van der Waals surface area contributed by atoms with Crippen LogP contribution in [0.2, 0.25) is 0 Å². The predicted octanol–water partition coefficient (Wildman–Crippen LogP) is 4.57. The van der Waals surface area contributed by atoms with Gasteiger partial charge in [0.25, 0.3) is 0 Å². The number of thiophene rings is 1. The highest BCUT2D eigenvalue weighted by molar-refractivity contribution is 9.10. The van der Waals surface area contributed by atoms with E-state index in [-0.39, 0.29) is 0 Å². The molecule has 14 heavy (non-hydrogen) atoms. The number of ether oxygens (including phenoxy) is 1. The average molecular weight is 336 g/mol. The number of fused-ring (bicyclic) bond motifs is 1. The van der Waals surface area contributed by atoms with Crippen LogP contribution in [0.1, 0.15) is 5.56 Å². The first-order chi connectivity index (χ1) is 6.77. The van der Waals surface area contributed by atoms with Gasteiger partial charge in [0.1, 0.15) is 5.75 Å². The van der Waals surface area contributed by atoms with Crippen LogP contribution in [0.25, 0.3) is 10.1 Å². The highest BCUT2D eigenvalue weighted by Crippen LogP contribution is 2.38. The van der Waals surface area contributed by atoms with Gasteiger partial charge in [-0.05, 0) is 44.4 Å². The van der Waals surface area contributed by atoms with E-state index >= 15 is 0 Å². The van der Waals surface area contributed by atoms with Crippen molar-refractivity contribution >= 4 is 53.3 Å². The van der Waals surface area contributed by atoms with Gasteiger partial charge in [0.05, 0.1) is 16.3 Å². The first kappa shape index (κ1) is 10.5. The second-order valence-electron chi connectivity index (χ2n) is 2.85. The Morgan fingerprint density at radius 2 is 2.21 bits per heavy atom. The first-order valence-electron chi connectivity index (χ1n) is 4.06. The third-order valence-corrected chi connectivity index (χ3v) is 4.81. The summed E-state index contributed by atoms with van der Waals surface area (Å²) in [6, 6.07) is 4.09. The van der Waals surface area contributed by atoms with E-state index in [0.29, 0.717) is 0 Å². The Labute approximate surface area is 103 Å². The number of hydrogen-bond donors (Lipinski definition) is 0. The summed E-state index contributed by atoms with van der Waals surface area (Å²) in [5, 5.41) is 4.36. The molecule has 1 aromatic carbocycles. The Morgan fingerprint density at radius 1 is 1.43 bits per heavy atom. The molecule has 4 heteroatoms. The van der Waals surface area contributed by atoms with Crippen LogP contribution in [-0.4, -0.2) is 7.11 Å². The summed E-state index contributed by atoms with van der Waals surface area (Å²) in [6.45, 7) is 0. The minimum atomic E-state index is 0.889. The molecule has 1 nitrogen and oxygen atoms in total. The minimum absolute atomic E-state index is 0.889. The van der Waals surface area contributed by atoms with E-state index in [4.69, 9.17) is 4.74 Å². The molecule has 0 bridgehead atoms. The monoisotopic (exact) mass is 334 g/mol. The zero-order valence-corrected chi connectivity index (χ0v) is 11.5. The summed E-state index contributed by atoms with van der Waals surface area (Å²) in [6.07, 6.45) is 0. The Kier molecular flexibility index (Phi) is 3.14. The van der Waals surface area contributed by atoms with Gasteiger partial charge >= 0.3 is 0 Å². The van der Waals surface area contributed by atoms with Gasteiger partial charge < -0.3 is 4.74 Å². The van der Waals surface area contributed by atoms with E-state index in [0.717, 1.165) is 15.6 Å². The van der Waals surface area contributed by atoms with Crippen LogP contribution >= 0.6 is 43.2 Å². The van der Waals surface area contributed by atoms with Crippen molar-refractivity contribution in [3.63, 3.8) is 0 Å². The molecule has 74 valence electrons. The van der Waals surface area contributed by atoms with Crippen molar-refractivity contribution in [2.75, 3.05) is 7.11 Å². The second kappa shape index (κ2) is 4.21. The maximum absolute atomic E-state index is 5.24. The fourth-order valence-electron chi connectivity index (χ4n) is 1.36. The highest BCUT2D eigenvalue weighted by Gasteiger charge is 2.09. The van der Waals surface area contributed by atoms with E-state index in [1.54, 1.807) is 18.4 Å². The van der Waals surface area contributed by atoms with Gasteiger partial charge in [-0.15, -0.1) is 11.3 Å². The molecule has 0 saturated carbocycles. The van der Waals surface area contributed by atoms with E-state index in [1.165, 1.54) is 15.6 Å². The second-order valence-corrected chi connectivity index (χ2v) is 5.09. The standard InChI is InChI=1S/C10H8Br2OS/c1-13-8-3-2-7-6(4-11)5-14-10(7)9(8)12/h2-3,5H,4H2,1H3. The van der Waals surface area contributed by atoms with Crippen LogP contribution in [0, 0.1) is 0 Å². The number of methoxy groups -OCH3 is 1. The van der Waals surface area contributed by atoms with Crippen molar-refractivity contribution in [3.8, 4) is 5.75 Å². The van der Waals surface area contributed by atoms with Crippen LogP contribution < -0.4 is 4.74 Å². The molecule has 2 rings (SSSR count). The molecule has 0 N–H and O–H groups in total. The highest BCUT2D eigenvalue weighted by atomic mass is 79.9. The van der Waals surface area contributed by atoms with Crippen molar-refractivity contribution < 1.29 is 4.74 Å². The van der Waals surface area contributed by atoms with Crippen molar-refractivity contribution in [2.45, 2.75) is 5.33 Å². The van der Waals surface area contributed by atoms with Crippen molar-refractivity contribution in [3.05, 3.63) is 27.5 Å². The Hall–Kier alpha value is -0.0600. The van der Waals surface area contributed by atoms with Gasteiger partial charge in [0, 0.05) is 5.33 Å². The van der Waals surface area contributed by atoms with Gasteiger partial charge in [0.15, 0.2) is 0 Å². The van der Waals surface area contributed by atoms with E-state index < -0.39 is 0 Å². The smallest absolute Gasteiger partial charge is 0.134 e. The van der Waals surface area contributed by atoms with Gasteiger partial charge in [-0.25, -0.2) is 0 Å². The Bertz CT molecular complexity index is 464. The molecular formula is C10H8Br2OS. The van der Waals surface area contributed by atoms with Gasteiger partial charge in [0.2, 0.25) is 0 Å². The van der Waals surface area contributed by atoms with E-state index in [1.807, 2.05) is 6.07 Å². The summed E-state index contributed by atoms with van der Waals surface area (Å²) in [5.41, 5.74) is 1.33. The molecule has 0 amide bonds. The lowest BCUT2D eigenvalue weighted by Gasteiger charge is -2.03. The molecule has 0 aliphatic rings. The molecule has 1 aromatic heterocycles. The maximum atomic E-state index is 5.24. The zero-order chi connectivity index (χ0) is 10.1. The van der Waals surface area contributed by atoms with Crippen molar-refractivity contribution in [1.82, 2.24) is 0 Å². The van der Waals surface area contributed by atoms with Gasteiger partial charge in [-0.2, -0.15) is 0 Å². The van der Waals surface area contributed by atoms with Crippen molar-refractivity contribution in [2.24, 2.45) is 0 Å². The Morgan fingerprint density at radius 3 is 2.86 bits per heavy atom. The summed E-state index contributed by atoms with van der Waals surface area (Å²) >= 11 is 8.77. The number of alkyl halides is 1. The third-order valence-electron chi connectivity index (χ3n) is 2.09. The lowest BCUT2D eigenvalue weighted by molar-refractivity contribution is 0.413. The fourth-order valence-corrected chi connectivity index (χ4v) is 3.83. The normalized spacial score (nSPS) is 10.8. The summed E-state index contributed by atoms with van der Waals surface area (Å²) < 4.78 is 7.54. The van der Waals surface area contributed by atoms with Crippen LogP contribution in [0.3, 0.4) is 0 Å². The van der Waals surface area contributed by atoms with Gasteiger partial charge in [-0.3, -0.25) is 0 Å². The molecule has 0 radical (unpaired) electrons. The molecule has 0 aliphatic heterocycles. The van der Waals surface area contributed by atoms with E-state index in [9.17, 15) is 0 Å². The lowest BCUT2D eigenvalue weighted by Crippen LogP contribution is -1.83. The molecule has 0 unspecified atom stereocenters. The zero-order valence-electron chi connectivity index (χ0n) is 7.51. The summed E-state index contributed by atoms with van der Waals surface area (Å²) in [5.74, 6) is 0.889. The Balaban J connectivity index is 2.72. The molecule has 0 spiro atoms. The van der Waals surface area contributed by atoms with Crippen LogP contribution in [-0.2, 0) is 5.33 Å². The quantitative estimate of drug-likeness (QED) is 0.730. The number of hydrogen-bond acceptors (Lipinski definition) is 2. The molecular weight excluding hydrogens is 328 g/mol. The molecule has 0 aliphatic carbocycles. The van der Waals surface area contributed by atoms with Crippen molar-refractivity contribution in [1.29, 1.82) is 0 Å². The number of rotatable bonds is 2. The van der Waals surface area contributed by atoms with Gasteiger partial charge in [-0.1, -0.05) is 15.9 Å². The number of halogens is 2. The molecule has 0 atom stereocenters. The van der Waals surface area contributed by atoms with Crippen LogP contribution in [0.4, 0.5) is 0 Å². The third kappa shape index (κ3) is 1.59. The number of benzene rings is 1. The summed E-state index contributed by atoms with van der Waals surface area (Å²) in [7, 11) is 1.69. The topological polar surface area (TPSA) is 9.23 Å². The largest absolute Gasteiger partial charge is 0.496 e. The average Bonchev–Trinajstić information content (AvgIpc) is 2.62. The van der Waals surface area contributed by atoms with Crippen LogP contribution in [0.15, 0.2) is 22.0 Å². The molecule has 0 fully saturated rings. The molecule has 0 saturated heterocycles. The molecule has 2 aromatic rings.